The lowest BCUT2D eigenvalue weighted by Crippen LogP contribution is -2.06. The third-order valence-electron chi connectivity index (χ3n) is 3.54. The zero-order valence-electron chi connectivity index (χ0n) is 11.8. The van der Waals surface area contributed by atoms with Crippen molar-refractivity contribution in [2.45, 2.75) is 13.2 Å². The first kappa shape index (κ1) is 15.1. The van der Waals surface area contributed by atoms with Crippen molar-refractivity contribution in [1.29, 1.82) is 0 Å². The predicted octanol–water partition coefficient (Wildman–Crippen LogP) is 2.55. The van der Waals surface area contributed by atoms with Crippen LogP contribution in [0.15, 0.2) is 36.4 Å². The third-order valence-corrected chi connectivity index (χ3v) is 3.54. The summed E-state index contributed by atoms with van der Waals surface area (Å²) in [6, 6.07) is 7.92. The van der Waals surface area contributed by atoms with Gasteiger partial charge < -0.3 is 10.2 Å². The molecular weight excluding hydrogens is 306 g/mol. The summed E-state index contributed by atoms with van der Waals surface area (Å²) in [5.41, 5.74) is 1.06. The average Bonchev–Trinajstić information content (AvgIpc) is 2.88. The van der Waals surface area contributed by atoms with Crippen molar-refractivity contribution < 1.29 is 23.8 Å². The molecule has 3 aromatic rings. The molecule has 3 rings (SSSR count). The van der Waals surface area contributed by atoms with Gasteiger partial charge in [-0.15, -0.1) is 0 Å². The van der Waals surface area contributed by atoms with Gasteiger partial charge in [-0.05, 0) is 23.8 Å². The van der Waals surface area contributed by atoms with Crippen LogP contribution in [0.4, 0.5) is 8.78 Å². The van der Waals surface area contributed by atoms with Gasteiger partial charge in [-0.2, -0.15) is 5.10 Å². The fourth-order valence-electron chi connectivity index (χ4n) is 2.41. The van der Waals surface area contributed by atoms with E-state index in [1.807, 2.05) is 0 Å². The Balaban J connectivity index is 2.14. The van der Waals surface area contributed by atoms with Gasteiger partial charge in [0.15, 0.2) is 5.69 Å². The molecule has 0 aliphatic carbocycles. The molecule has 118 valence electrons. The van der Waals surface area contributed by atoms with E-state index in [2.05, 4.69) is 5.10 Å². The van der Waals surface area contributed by atoms with Crippen LogP contribution in [0.3, 0.4) is 0 Å². The Hall–Kier alpha value is -2.80. The second-order valence-corrected chi connectivity index (χ2v) is 5.06. The number of halogens is 2. The Morgan fingerprint density at radius 2 is 1.96 bits per heavy atom. The standard InChI is InChI=1S/C16H12F2N2O3/c17-11-3-2-10(13(18)6-11)7-20-14-5-9(8-21)1-4-12(14)15(19-20)16(22)23/h1-6,21H,7-8H2,(H,22,23). The molecule has 1 aromatic heterocycles. The smallest absolute Gasteiger partial charge is 0.357 e. The van der Waals surface area contributed by atoms with Crippen molar-refractivity contribution in [2.24, 2.45) is 0 Å². The first-order chi connectivity index (χ1) is 11.0. The molecule has 1 heterocycles. The molecule has 0 spiro atoms. The van der Waals surface area contributed by atoms with Gasteiger partial charge in [0.2, 0.25) is 0 Å². The van der Waals surface area contributed by atoms with Crippen LogP contribution in [-0.4, -0.2) is 26.0 Å². The van der Waals surface area contributed by atoms with Crippen molar-refractivity contribution in [3.05, 3.63) is 64.9 Å². The second kappa shape index (κ2) is 5.77. The number of fused-ring (bicyclic) bond motifs is 1. The van der Waals surface area contributed by atoms with Crippen LogP contribution in [0.2, 0.25) is 0 Å². The summed E-state index contributed by atoms with van der Waals surface area (Å²) in [4.78, 5) is 11.3. The fourth-order valence-corrected chi connectivity index (χ4v) is 2.41. The van der Waals surface area contributed by atoms with Crippen molar-refractivity contribution in [3.8, 4) is 0 Å². The van der Waals surface area contributed by atoms with Crippen molar-refractivity contribution in [3.63, 3.8) is 0 Å². The second-order valence-electron chi connectivity index (χ2n) is 5.06. The van der Waals surface area contributed by atoms with Crippen LogP contribution in [0.25, 0.3) is 10.9 Å². The first-order valence-electron chi connectivity index (χ1n) is 6.77. The number of hydrogen-bond acceptors (Lipinski definition) is 3. The van der Waals surface area contributed by atoms with E-state index in [1.165, 1.54) is 10.7 Å². The van der Waals surface area contributed by atoms with Crippen molar-refractivity contribution >= 4 is 16.9 Å². The Morgan fingerprint density at radius 3 is 2.61 bits per heavy atom. The molecule has 0 amide bonds. The number of carbonyl (C=O) groups is 1. The number of benzene rings is 2. The number of carboxylic acid groups (broad SMARTS) is 1. The maximum Gasteiger partial charge on any atom is 0.357 e. The van der Waals surface area contributed by atoms with E-state index in [-0.39, 0.29) is 24.4 Å². The minimum absolute atomic E-state index is 0.0508. The molecule has 0 aliphatic rings. The summed E-state index contributed by atoms with van der Waals surface area (Å²) in [6.45, 7) is -0.265. The molecule has 0 fully saturated rings. The quantitative estimate of drug-likeness (QED) is 0.775. The number of nitrogens with zero attached hydrogens (tertiary/aromatic N) is 2. The number of aromatic carboxylic acids is 1. The Kier molecular flexibility index (Phi) is 3.79. The highest BCUT2D eigenvalue weighted by Crippen LogP contribution is 2.22. The summed E-state index contributed by atoms with van der Waals surface area (Å²) in [7, 11) is 0. The summed E-state index contributed by atoms with van der Waals surface area (Å²) in [6.07, 6.45) is 0. The van der Waals surface area contributed by atoms with E-state index < -0.39 is 17.6 Å². The van der Waals surface area contributed by atoms with Crippen LogP contribution in [0.5, 0.6) is 0 Å². The van der Waals surface area contributed by atoms with Gasteiger partial charge >= 0.3 is 5.97 Å². The molecule has 2 aromatic carbocycles. The van der Waals surface area contributed by atoms with E-state index in [0.717, 1.165) is 12.1 Å². The number of hydrogen-bond donors (Lipinski definition) is 2. The maximum absolute atomic E-state index is 13.8. The van der Waals surface area contributed by atoms with Crippen molar-refractivity contribution in [1.82, 2.24) is 9.78 Å². The van der Waals surface area contributed by atoms with Gasteiger partial charge in [0.25, 0.3) is 0 Å². The largest absolute Gasteiger partial charge is 0.476 e. The van der Waals surface area contributed by atoms with Gasteiger partial charge in [0.05, 0.1) is 18.7 Å². The summed E-state index contributed by atoms with van der Waals surface area (Å²) >= 11 is 0. The highest BCUT2D eigenvalue weighted by molar-refractivity contribution is 6.01. The van der Waals surface area contributed by atoms with E-state index in [4.69, 9.17) is 0 Å². The molecule has 23 heavy (non-hydrogen) atoms. The lowest BCUT2D eigenvalue weighted by atomic mass is 10.1. The van der Waals surface area contributed by atoms with E-state index >= 15 is 0 Å². The number of aliphatic hydroxyl groups excluding tert-OH is 1. The SMILES string of the molecule is O=C(O)c1nn(Cc2ccc(F)cc2F)c2cc(CO)ccc12. The minimum atomic E-state index is -1.20. The molecule has 7 heteroatoms. The predicted molar refractivity (Wildman–Crippen MR) is 78.1 cm³/mol. The molecule has 5 nitrogen and oxygen atoms in total. The maximum atomic E-state index is 13.8. The summed E-state index contributed by atoms with van der Waals surface area (Å²) in [5.74, 6) is -2.63. The molecular formula is C16H12F2N2O3. The lowest BCUT2D eigenvalue weighted by Gasteiger charge is -2.06. The van der Waals surface area contributed by atoms with Gasteiger partial charge in [0, 0.05) is 17.0 Å². The zero-order valence-corrected chi connectivity index (χ0v) is 11.8. The number of carboxylic acids is 1. The van der Waals surface area contributed by atoms with E-state index in [9.17, 15) is 23.8 Å². The van der Waals surface area contributed by atoms with E-state index in [0.29, 0.717) is 16.5 Å². The number of aromatic nitrogens is 2. The lowest BCUT2D eigenvalue weighted by molar-refractivity contribution is 0.0691. The highest BCUT2D eigenvalue weighted by atomic mass is 19.1. The molecule has 0 saturated heterocycles. The van der Waals surface area contributed by atoms with Gasteiger partial charge in [-0.3, -0.25) is 4.68 Å². The average molecular weight is 318 g/mol. The van der Waals surface area contributed by atoms with Crippen molar-refractivity contribution in [2.75, 3.05) is 0 Å². The van der Waals surface area contributed by atoms with Gasteiger partial charge in [-0.1, -0.05) is 12.1 Å². The third kappa shape index (κ3) is 2.78. The molecule has 0 bridgehead atoms. The molecule has 2 N–H and O–H groups in total. The van der Waals surface area contributed by atoms with Crippen LogP contribution in [0.1, 0.15) is 21.6 Å². The van der Waals surface area contributed by atoms with Gasteiger partial charge in [-0.25, -0.2) is 13.6 Å². The first-order valence-corrected chi connectivity index (χ1v) is 6.77. The molecule has 0 aliphatic heterocycles. The van der Waals surface area contributed by atoms with Crippen LogP contribution >= 0.6 is 0 Å². The normalized spacial score (nSPS) is 11.1. The Labute approximate surface area is 129 Å². The van der Waals surface area contributed by atoms with Crippen LogP contribution in [-0.2, 0) is 13.2 Å². The fraction of sp³-hybridized carbons (Fsp3) is 0.125. The summed E-state index contributed by atoms with van der Waals surface area (Å²) < 4.78 is 28.1. The Bertz CT molecular complexity index is 906. The molecule has 0 radical (unpaired) electrons. The molecule has 0 unspecified atom stereocenters. The molecule has 0 atom stereocenters. The van der Waals surface area contributed by atoms with Gasteiger partial charge in [0.1, 0.15) is 11.6 Å². The Morgan fingerprint density at radius 1 is 1.17 bits per heavy atom. The minimum Gasteiger partial charge on any atom is -0.476 e. The van der Waals surface area contributed by atoms with Crippen LogP contribution in [0, 0.1) is 11.6 Å². The topological polar surface area (TPSA) is 75.3 Å². The number of aliphatic hydroxyl groups is 1. The van der Waals surface area contributed by atoms with Crippen LogP contribution < -0.4 is 0 Å². The van der Waals surface area contributed by atoms with E-state index in [1.54, 1.807) is 18.2 Å². The highest BCUT2D eigenvalue weighted by Gasteiger charge is 2.17. The zero-order chi connectivity index (χ0) is 16.6. The monoisotopic (exact) mass is 318 g/mol. The summed E-state index contributed by atoms with van der Waals surface area (Å²) in [5, 5.41) is 22.8. The molecule has 0 saturated carbocycles. The number of rotatable bonds is 4.